The summed E-state index contributed by atoms with van der Waals surface area (Å²) in [7, 11) is 0. The summed E-state index contributed by atoms with van der Waals surface area (Å²) in [6.45, 7) is 2.77. The molecule has 0 radical (unpaired) electrons. The van der Waals surface area contributed by atoms with Crippen molar-refractivity contribution in [3.63, 3.8) is 0 Å². The lowest BCUT2D eigenvalue weighted by atomic mass is 10.2. The topological polar surface area (TPSA) is 30.8 Å². The highest BCUT2D eigenvalue weighted by molar-refractivity contribution is 5.61. The number of nitrogens with zero attached hydrogens (tertiary/aromatic N) is 1. The largest absolute Gasteiger partial charge is 0.491 e. The highest BCUT2D eigenvalue weighted by Crippen LogP contribution is 2.22. The first-order valence-electron chi connectivity index (χ1n) is 4.40. The van der Waals surface area contributed by atoms with E-state index < -0.39 is 0 Å². The van der Waals surface area contributed by atoms with E-state index >= 15 is 0 Å². The van der Waals surface area contributed by atoms with E-state index in [9.17, 15) is 0 Å². The molecular weight excluding hydrogens is 154 g/mol. The molecule has 0 aromatic carbocycles. The molecule has 2 aliphatic heterocycles. The Hall–Kier alpha value is -0.830. The van der Waals surface area contributed by atoms with Crippen molar-refractivity contribution in [2.75, 3.05) is 6.61 Å². The monoisotopic (exact) mass is 167 g/mol. The summed E-state index contributed by atoms with van der Waals surface area (Å²) >= 11 is 0. The maximum Gasteiger partial charge on any atom is 0.205 e. The fraction of sp³-hybridized carbons (Fsp3) is 0.667. The van der Waals surface area contributed by atoms with E-state index in [2.05, 4.69) is 11.9 Å². The predicted molar refractivity (Wildman–Crippen MR) is 46.1 cm³/mol. The zero-order chi connectivity index (χ0) is 8.39. The Morgan fingerprint density at radius 1 is 1.67 bits per heavy atom. The molecular formula is C9H13NO2. The SMILES string of the molecule is CCC1COC2=CCC=NC2O1. The molecule has 0 amide bonds. The summed E-state index contributed by atoms with van der Waals surface area (Å²) in [6.07, 6.45) is 5.81. The van der Waals surface area contributed by atoms with Gasteiger partial charge in [-0.25, -0.2) is 0 Å². The van der Waals surface area contributed by atoms with Gasteiger partial charge in [0, 0.05) is 12.6 Å². The summed E-state index contributed by atoms with van der Waals surface area (Å²) in [4.78, 5) is 4.21. The molecule has 2 unspecified atom stereocenters. The number of rotatable bonds is 1. The molecule has 3 heteroatoms. The molecule has 66 valence electrons. The molecule has 1 fully saturated rings. The Morgan fingerprint density at radius 3 is 3.42 bits per heavy atom. The second-order valence-corrected chi connectivity index (χ2v) is 3.00. The van der Waals surface area contributed by atoms with Gasteiger partial charge in [0.25, 0.3) is 0 Å². The molecule has 2 heterocycles. The zero-order valence-electron chi connectivity index (χ0n) is 7.19. The third kappa shape index (κ3) is 1.37. The van der Waals surface area contributed by atoms with Crippen LogP contribution in [0.2, 0.25) is 0 Å². The molecule has 0 bridgehead atoms. The fourth-order valence-electron chi connectivity index (χ4n) is 1.36. The van der Waals surface area contributed by atoms with Gasteiger partial charge < -0.3 is 9.47 Å². The van der Waals surface area contributed by atoms with E-state index in [4.69, 9.17) is 9.47 Å². The van der Waals surface area contributed by atoms with E-state index in [1.165, 1.54) is 0 Å². The molecule has 1 saturated heterocycles. The molecule has 2 rings (SSSR count). The van der Waals surface area contributed by atoms with Gasteiger partial charge in [0.05, 0.1) is 6.10 Å². The lowest BCUT2D eigenvalue weighted by Crippen LogP contribution is -2.34. The van der Waals surface area contributed by atoms with Crippen LogP contribution in [0.1, 0.15) is 19.8 Å². The van der Waals surface area contributed by atoms with Crippen LogP contribution in [0.15, 0.2) is 16.8 Å². The first-order valence-corrected chi connectivity index (χ1v) is 4.40. The maximum absolute atomic E-state index is 5.65. The van der Waals surface area contributed by atoms with Crippen molar-refractivity contribution >= 4 is 6.21 Å². The molecule has 0 aromatic heterocycles. The number of dihydropyridines is 1. The number of ether oxygens (including phenoxy) is 2. The Labute approximate surface area is 72.1 Å². The number of aliphatic imine (C=N–C) groups is 1. The number of fused-ring (bicyclic) bond motifs is 1. The van der Waals surface area contributed by atoms with Crippen LogP contribution in [0.3, 0.4) is 0 Å². The Kier molecular flexibility index (Phi) is 2.13. The van der Waals surface area contributed by atoms with Crippen LogP contribution in [0.5, 0.6) is 0 Å². The first kappa shape index (κ1) is 7.80. The molecule has 0 spiro atoms. The standard InChI is InChI=1S/C9H13NO2/c1-2-7-6-11-8-4-3-5-10-9(8)12-7/h4-5,7,9H,2-3,6H2,1H3. The summed E-state index contributed by atoms with van der Waals surface area (Å²) in [6, 6.07) is 0. The Balaban J connectivity index is 2.04. The summed E-state index contributed by atoms with van der Waals surface area (Å²) in [5, 5.41) is 0. The van der Waals surface area contributed by atoms with Crippen LogP contribution < -0.4 is 0 Å². The quantitative estimate of drug-likeness (QED) is 0.592. The van der Waals surface area contributed by atoms with Gasteiger partial charge in [-0.3, -0.25) is 4.99 Å². The van der Waals surface area contributed by atoms with Crippen molar-refractivity contribution in [2.24, 2.45) is 4.99 Å². The summed E-state index contributed by atoms with van der Waals surface area (Å²) < 4.78 is 11.2. The Morgan fingerprint density at radius 2 is 2.58 bits per heavy atom. The van der Waals surface area contributed by atoms with E-state index in [1.54, 1.807) is 0 Å². The van der Waals surface area contributed by atoms with Crippen molar-refractivity contribution in [1.29, 1.82) is 0 Å². The second-order valence-electron chi connectivity index (χ2n) is 3.00. The minimum atomic E-state index is -0.155. The van der Waals surface area contributed by atoms with Crippen molar-refractivity contribution in [2.45, 2.75) is 32.1 Å². The highest BCUT2D eigenvalue weighted by atomic mass is 16.6. The van der Waals surface area contributed by atoms with Gasteiger partial charge in [-0.05, 0) is 12.5 Å². The average molecular weight is 167 g/mol. The molecule has 2 aliphatic rings. The third-order valence-corrected chi connectivity index (χ3v) is 2.12. The van der Waals surface area contributed by atoms with Crippen LogP contribution in [0.25, 0.3) is 0 Å². The number of allylic oxidation sites excluding steroid dienone is 1. The third-order valence-electron chi connectivity index (χ3n) is 2.12. The molecule has 3 nitrogen and oxygen atoms in total. The van der Waals surface area contributed by atoms with Crippen molar-refractivity contribution in [3.8, 4) is 0 Å². The second kappa shape index (κ2) is 3.27. The van der Waals surface area contributed by atoms with Crippen LogP contribution >= 0.6 is 0 Å². The van der Waals surface area contributed by atoms with Crippen LogP contribution in [0.4, 0.5) is 0 Å². The number of hydrogen-bond acceptors (Lipinski definition) is 3. The van der Waals surface area contributed by atoms with Crippen LogP contribution in [-0.4, -0.2) is 25.2 Å². The minimum absolute atomic E-state index is 0.155. The fourth-order valence-corrected chi connectivity index (χ4v) is 1.36. The van der Waals surface area contributed by atoms with Gasteiger partial charge in [0.1, 0.15) is 12.4 Å². The maximum atomic E-state index is 5.65. The van der Waals surface area contributed by atoms with Gasteiger partial charge in [0.2, 0.25) is 6.23 Å². The molecule has 0 N–H and O–H groups in total. The summed E-state index contributed by atoms with van der Waals surface area (Å²) in [5.41, 5.74) is 0. The van der Waals surface area contributed by atoms with Gasteiger partial charge in [-0.2, -0.15) is 0 Å². The van der Waals surface area contributed by atoms with Crippen LogP contribution in [-0.2, 0) is 9.47 Å². The van der Waals surface area contributed by atoms with Crippen molar-refractivity contribution in [3.05, 3.63) is 11.8 Å². The van der Waals surface area contributed by atoms with Gasteiger partial charge >= 0.3 is 0 Å². The minimum Gasteiger partial charge on any atom is -0.491 e. The average Bonchev–Trinajstić information content (AvgIpc) is 2.17. The zero-order valence-corrected chi connectivity index (χ0v) is 7.19. The van der Waals surface area contributed by atoms with Crippen LogP contribution in [0, 0.1) is 0 Å². The Bertz CT molecular complexity index is 223. The highest BCUT2D eigenvalue weighted by Gasteiger charge is 2.26. The normalized spacial score (nSPS) is 33.6. The van der Waals surface area contributed by atoms with Gasteiger partial charge in [0.15, 0.2) is 0 Å². The molecule has 0 aromatic rings. The number of hydrogen-bond donors (Lipinski definition) is 0. The lowest BCUT2D eigenvalue weighted by Gasteiger charge is -2.30. The smallest absolute Gasteiger partial charge is 0.205 e. The first-order chi connectivity index (χ1) is 5.90. The lowest BCUT2D eigenvalue weighted by molar-refractivity contribution is -0.0966. The predicted octanol–water partition coefficient (Wildman–Crippen LogP) is 1.50. The summed E-state index contributed by atoms with van der Waals surface area (Å²) in [5.74, 6) is 0.891. The van der Waals surface area contributed by atoms with Crippen molar-refractivity contribution < 1.29 is 9.47 Å². The van der Waals surface area contributed by atoms with Gasteiger partial charge in [-0.1, -0.05) is 6.92 Å². The molecule has 12 heavy (non-hydrogen) atoms. The molecule has 0 aliphatic carbocycles. The van der Waals surface area contributed by atoms with E-state index in [-0.39, 0.29) is 12.3 Å². The molecule has 0 saturated carbocycles. The van der Waals surface area contributed by atoms with Crippen molar-refractivity contribution in [1.82, 2.24) is 0 Å². The van der Waals surface area contributed by atoms with E-state index in [1.807, 2.05) is 12.3 Å². The van der Waals surface area contributed by atoms with E-state index in [0.717, 1.165) is 18.6 Å². The van der Waals surface area contributed by atoms with Gasteiger partial charge in [-0.15, -0.1) is 0 Å². The molecule has 2 atom stereocenters. The van der Waals surface area contributed by atoms with E-state index in [0.29, 0.717) is 6.61 Å².